The number of nitrogens with zero attached hydrogens (tertiary/aromatic N) is 3. The topological polar surface area (TPSA) is 104 Å². The third-order valence-electron chi connectivity index (χ3n) is 4.44. The second kappa shape index (κ2) is 14.7. The summed E-state index contributed by atoms with van der Waals surface area (Å²) in [6.07, 6.45) is 6.94. The van der Waals surface area contributed by atoms with Crippen molar-refractivity contribution in [2.45, 2.75) is 27.3 Å². The van der Waals surface area contributed by atoms with Crippen LogP contribution in [0.4, 0.5) is 4.79 Å². The highest BCUT2D eigenvalue weighted by Gasteiger charge is 2.24. The number of nitrogens with one attached hydrogen (secondary N) is 2. The molecule has 0 aliphatic carbocycles. The van der Waals surface area contributed by atoms with E-state index in [1.54, 1.807) is 30.3 Å². The molecule has 1 aromatic carbocycles. The minimum atomic E-state index is -0.654. The molecule has 0 unspecified atom stereocenters. The van der Waals surface area contributed by atoms with E-state index in [2.05, 4.69) is 27.1 Å². The Labute approximate surface area is 201 Å². The summed E-state index contributed by atoms with van der Waals surface area (Å²) in [5.41, 5.74) is 4.61. The molecule has 0 atom stereocenters. The maximum Gasteiger partial charge on any atom is 0.321 e. The Morgan fingerprint density at radius 3 is 2.56 bits per heavy atom. The number of hydrogen-bond donors (Lipinski definition) is 2. The Morgan fingerprint density at radius 2 is 1.97 bits per heavy atom. The van der Waals surface area contributed by atoms with Gasteiger partial charge in [0.1, 0.15) is 0 Å². The average molecular weight is 462 g/mol. The number of aliphatic imine (C=N–C) groups is 1. The molecule has 0 radical (unpaired) electrons. The molecule has 34 heavy (non-hydrogen) atoms. The van der Waals surface area contributed by atoms with Gasteiger partial charge >= 0.3 is 11.9 Å². The van der Waals surface area contributed by atoms with E-state index in [1.165, 1.54) is 13.2 Å². The largest absolute Gasteiger partial charge is 0.341 e. The van der Waals surface area contributed by atoms with Gasteiger partial charge in [-0.1, -0.05) is 38.0 Å². The molecular formula is C26H31N5O3. The van der Waals surface area contributed by atoms with Crippen molar-refractivity contribution >= 4 is 29.6 Å². The molecule has 0 spiro atoms. The zero-order valence-electron chi connectivity index (χ0n) is 20.5. The summed E-state index contributed by atoms with van der Waals surface area (Å²) in [6.45, 7) is 6.68. The van der Waals surface area contributed by atoms with Gasteiger partial charge in [-0.3, -0.25) is 24.9 Å². The van der Waals surface area contributed by atoms with E-state index in [4.69, 9.17) is 0 Å². The molecule has 0 bridgehead atoms. The van der Waals surface area contributed by atoms with Crippen LogP contribution >= 0.6 is 0 Å². The number of rotatable bonds is 2. The van der Waals surface area contributed by atoms with Gasteiger partial charge in [-0.2, -0.15) is 0 Å². The van der Waals surface area contributed by atoms with Crippen LogP contribution in [0, 0.1) is 11.8 Å². The molecule has 4 amide bonds. The van der Waals surface area contributed by atoms with Gasteiger partial charge in [-0.05, 0) is 41.8 Å². The summed E-state index contributed by atoms with van der Waals surface area (Å²) in [7, 11) is 4.99. The number of carbonyl (C=O) groups excluding carboxylic acids is 3. The van der Waals surface area contributed by atoms with Gasteiger partial charge in [0.25, 0.3) is 5.91 Å². The average Bonchev–Trinajstić information content (AvgIpc) is 3.16. The number of aromatic nitrogens is 1. The second-order valence-electron chi connectivity index (χ2n) is 6.69. The number of imide groups is 1. The van der Waals surface area contributed by atoms with Crippen molar-refractivity contribution in [3.63, 3.8) is 0 Å². The molecule has 2 heterocycles. The van der Waals surface area contributed by atoms with Gasteiger partial charge < -0.3 is 10.2 Å². The van der Waals surface area contributed by atoms with Crippen LogP contribution in [-0.2, 0) is 11.3 Å². The number of fused-ring (bicyclic) bond motifs is 1. The standard InChI is InChI=1S/C14H16N2O.C10H9N3O2.C2H6/c1-4-10(8-15-2)11-5-6-12-9-16(3)14(17)13(12)7-11;1-11-10(15)13-9(14)5-4-8-3-2-6-12-7-8;1-2/h4-8H,9H2,1-3H3;2-3,6-7H,1H3,(H2,11,13,14,15);1-2H3/b10-4+,15-8?;;. The first-order chi connectivity index (χ1) is 16.4. The second-order valence-corrected chi connectivity index (χ2v) is 6.69. The van der Waals surface area contributed by atoms with E-state index in [1.807, 2.05) is 63.6 Å². The summed E-state index contributed by atoms with van der Waals surface area (Å²) in [5.74, 6) is 4.28. The normalized spacial score (nSPS) is 11.8. The Bertz CT molecular complexity index is 1110. The molecule has 2 N–H and O–H groups in total. The van der Waals surface area contributed by atoms with E-state index >= 15 is 0 Å². The predicted octanol–water partition coefficient (Wildman–Crippen LogP) is 3.29. The number of allylic oxidation sites excluding steroid dienone is 2. The highest BCUT2D eigenvalue weighted by Crippen LogP contribution is 2.25. The van der Waals surface area contributed by atoms with Gasteiger partial charge in [0.05, 0.1) is 0 Å². The van der Waals surface area contributed by atoms with Crippen LogP contribution in [0.5, 0.6) is 0 Å². The lowest BCUT2D eigenvalue weighted by Crippen LogP contribution is -2.36. The fourth-order valence-electron chi connectivity index (χ4n) is 2.84. The Kier molecular flexibility index (Phi) is 12.0. The Balaban J connectivity index is 0.000000320. The number of hydrogen-bond acceptors (Lipinski definition) is 5. The molecule has 8 nitrogen and oxygen atoms in total. The summed E-state index contributed by atoms with van der Waals surface area (Å²) in [4.78, 5) is 43.2. The molecule has 3 rings (SSSR count). The number of carbonyl (C=O) groups is 3. The van der Waals surface area contributed by atoms with Crippen LogP contribution in [0.2, 0.25) is 0 Å². The highest BCUT2D eigenvalue weighted by atomic mass is 16.2. The van der Waals surface area contributed by atoms with Crippen molar-refractivity contribution in [1.82, 2.24) is 20.5 Å². The van der Waals surface area contributed by atoms with Crippen LogP contribution in [0.1, 0.15) is 47.8 Å². The third-order valence-corrected chi connectivity index (χ3v) is 4.44. The lowest BCUT2D eigenvalue weighted by atomic mass is 10.0. The highest BCUT2D eigenvalue weighted by molar-refractivity contribution is 6.10. The van der Waals surface area contributed by atoms with E-state index in [0.717, 1.165) is 22.3 Å². The molecule has 2 aromatic rings. The van der Waals surface area contributed by atoms with Crippen molar-refractivity contribution in [2.75, 3.05) is 21.1 Å². The van der Waals surface area contributed by atoms with Gasteiger partial charge in [0.2, 0.25) is 0 Å². The van der Waals surface area contributed by atoms with Crippen molar-refractivity contribution in [1.29, 1.82) is 0 Å². The number of amides is 4. The minimum absolute atomic E-state index is 0.103. The molecule has 1 aliphatic rings. The lowest BCUT2D eigenvalue weighted by Gasteiger charge is -2.05. The molecular weight excluding hydrogens is 430 g/mol. The minimum Gasteiger partial charge on any atom is -0.341 e. The summed E-state index contributed by atoms with van der Waals surface area (Å²) in [6, 6.07) is 8.87. The first-order valence-corrected chi connectivity index (χ1v) is 10.8. The van der Waals surface area contributed by atoms with Crippen LogP contribution in [-0.4, -0.2) is 55.1 Å². The van der Waals surface area contributed by atoms with Crippen molar-refractivity contribution in [2.24, 2.45) is 4.99 Å². The van der Waals surface area contributed by atoms with Gasteiger partial charge in [0.15, 0.2) is 0 Å². The summed E-state index contributed by atoms with van der Waals surface area (Å²) in [5, 5.41) is 4.26. The number of pyridine rings is 1. The zero-order chi connectivity index (χ0) is 25.5. The molecule has 1 aliphatic heterocycles. The van der Waals surface area contributed by atoms with E-state index < -0.39 is 11.9 Å². The third kappa shape index (κ3) is 8.36. The van der Waals surface area contributed by atoms with Crippen LogP contribution in [0.25, 0.3) is 5.57 Å². The van der Waals surface area contributed by atoms with Crippen LogP contribution in [0.15, 0.2) is 53.8 Å². The van der Waals surface area contributed by atoms with E-state index in [-0.39, 0.29) is 5.91 Å². The van der Waals surface area contributed by atoms with E-state index in [0.29, 0.717) is 12.1 Å². The predicted molar refractivity (Wildman–Crippen MR) is 135 cm³/mol. The van der Waals surface area contributed by atoms with Crippen LogP contribution in [0.3, 0.4) is 0 Å². The zero-order valence-corrected chi connectivity index (χ0v) is 20.5. The quantitative estimate of drug-likeness (QED) is 0.529. The Morgan fingerprint density at radius 1 is 1.24 bits per heavy atom. The van der Waals surface area contributed by atoms with Gasteiger partial charge in [-0.15, -0.1) is 0 Å². The Hall–Kier alpha value is -4.25. The van der Waals surface area contributed by atoms with Crippen molar-refractivity contribution < 1.29 is 14.4 Å². The maximum atomic E-state index is 11.9. The van der Waals surface area contributed by atoms with Crippen LogP contribution < -0.4 is 10.6 Å². The molecule has 0 fully saturated rings. The van der Waals surface area contributed by atoms with Crippen molar-refractivity contribution in [3.05, 3.63) is 71.1 Å². The fraction of sp³-hybridized carbons (Fsp3) is 0.269. The summed E-state index contributed by atoms with van der Waals surface area (Å²) < 4.78 is 0. The molecule has 0 saturated heterocycles. The number of urea groups is 1. The molecule has 1 aromatic heterocycles. The molecule has 0 saturated carbocycles. The number of benzene rings is 1. The summed E-state index contributed by atoms with van der Waals surface area (Å²) >= 11 is 0. The first-order valence-electron chi connectivity index (χ1n) is 10.8. The first kappa shape index (κ1) is 27.8. The molecule has 178 valence electrons. The smallest absolute Gasteiger partial charge is 0.321 e. The molecule has 8 heteroatoms. The van der Waals surface area contributed by atoms with Crippen molar-refractivity contribution in [3.8, 4) is 11.8 Å². The fourth-order valence-corrected chi connectivity index (χ4v) is 2.84. The maximum absolute atomic E-state index is 11.9. The monoisotopic (exact) mass is 461 g/mol. The SMILES string of the molecule is C/C=C(\C=NC)c1ccc2c(c1)C(=O)N(C)C2.CC.CNC(=O)NC(=O)C#Cc1cccnc1. The lowest BCUT2D eigenvalue weighted by molar-refractivity contribution is -0.114. The van der Waals surface area contributed by atoms with Gasteiger partial charge in [0, 0.05) is 63.3 Å². The van der Waals surface area contributed by atoms with E-state index in [9.17, 15) is 14.4 Å². The van der Waals surface area contributed by atoms with Gasteiger partial charge in [-0.25, -0.2) is 4.79 Å².